The van der Waals surface area contributed by atoms with Crippen molar-refractivity contribution >= 4 is 11.8 Å². The highest BCUT2D eigenvalue weighted by Crippen LogP contribution is 2.41. The minimum atomic E-state index is -0.995. The van der Waals surface area contributed by atoms with Crippen molar-refractivity contribution in [3.8, 4) is 0 Å². The Kier molecular flexibility index (Phi) is 2.30. The Hall–Kier alpha value is -1.65. The zero-order valence-corrected chi connectivity index (χ0v) is 8.53. The Labute approximate surface area is 87.6 Å². The average molecular weight is 207 g/mol. The van der Waals surface area contributed by atoms with Crippen LogP contribution in [-0.2, 0) is 0 Å². The van der Waals surface area contributed by atoms with Gasteiger partial charge in [0.15, 0.2) is 0 Å². The van der Waals surface area contributed by atoms with Crippen LogP contribution in [0.25, 0.3) is 0 Å². The first kappa shape index (κ1) is 9.89. The fourth-order valence-corrected chi connectivity index (χ4v) is 1.55. The molecule has 15 heavy (non-hydrogen) atoms. The summed E-state index contributed by atoms with van der Waals surface area (Å²) in [6.45, 7) is 2.08. The topological polar surface area (TPSA) is 75.1 Å². The Bertz CT molecular complexity index is 388. The Morgan fingerprint density at radius 3 is 2.93 bits per heavy atom. The molecule has 0 aromatic carbocycles. The molecule has 0 aliphatic heterocycles. The molecule has 1 heterocycles. The second-order valence-corrected chi connectivity index (χ2v) is 3.85. The van der Waals surface area contributed by atoms with Gasteiger partial charge < -0.3 is 10.4 Å². The van der Waals surface area contributed by atoms with Crippen LogP contribution >= 0.6 is 0 Å². The molecule has 0 atom stereocenters. The van der Waals surface area contributed by atoms with E-state index in [1.54, 1.807) is 0 Å². The lowest BCUT2D eigenvalue weighted by molar-refractivity contribution is 0.0697. The van der Waals surface area contributed by atoms with Crippen LogP contribution in [0.1, 0.15) is 36.5 Å². The lowest BCUT2D eigenvalue weighted by Crippen LogP contribution is -2.22. The molecule has 5 nitrogen and oxygen atoms in total. The van der Waals surface area contributed by atoms with Crippen molar-refractivity contribution in [1.82, 2.24) is 9.97 Å². The van der Waals surface area contributed by atoms with Crippen molar-refractivity contribution in [2.24, 2.45) is 0 Å². The second-order valence-electron chi connectivity index (χ2n) is 3.85. The summed E-state index contributed by atoms with van der Waals surface area (Å²) < 4.78 is 0. The average Bonchev–Trinajstić information content (AvgIpc) is 2.99. The molecule has 1 fully saturated rings. The van der Waals surface area contributed by atoms with Crippen molar-refractivity contribution < 1.29 is 9.90 Å². The van der Waals surface area contributed by atoms with Gasteiger partial charge in [0.1, 0.15) is 17.7 Å². The van der Waals surface area contributed by atoms with Crippen LogP contribution in [-0.4, -0.2) is 26.6 Å². The molecule has 1 aliphatic rings. The summed E-state index contributed by atoms with van der Waals surface area (Å²) in [7, 11) is 0. The first-order valence-electron chi connectivity index (χ1n) is 4.98. The highest BCUT2D eigenvalue weighted by molar-refractivity contribution is 5.92. The highest BCUT2D eigenvalue weighted by Gasteiger charge is 2.41. The van der Waals surface area contributed by atoms with Crippen LogP contribution in [0.15, 0.2) is 12.5 Å². The van der Waals surface area contributed by atoms with E-state index in [4.69, 9.17) is 5.11 Å². The van der Waals surface area contributed by atoms with Crippen molar-refractivity contribution in [3.63, 3.8) is 0 Å². The molecule has 1 aliphatic carbocycles. The van der Waals surface area contributed by atoms with E-state index >= 15 is 0 Å². The van der Waals surface area contributed by atoms with Crippen molar-refractivity contribution in [3.05, 3.63) is 18.1 Å². The van der Waals surface area contributed by atoms with Gasteiger partial charge in [-0.2, -0.15) is 0 Å². The number of hydrogen-bond acceptors (Lipinski definition) is 4. The quantitative estimate of drug-likeness (QED) is 0.783. The smallest absolute Gasteiger partial charge is 0.341 e. The van der Waals surface area contributed by atoms with E-state index < -0.39 is 5.97 Å². The number of hydrogen-bond donors (Lipinski definition) is 2. The summed E-state index contributed by atoms with van der Waals surface area (Å²) >= 11 is 0. The number of aromatic nitrogens is 2. The first-order chi connectivity index (χ1) is 7.17. The lowest BCUT2D eigenvalue weighted by atomic mass is 10.2. The zero-order chi connectivity index (χ0) is 10.9. The molecule has 1 aromatic heterocycles. The summed E-state index contributed by atoms with van der Waals surface area (Å²) in [6.07, 6.45) is 5.82. The maximum atomic E-state index is 10.9. The third kappa shape index (κ3) is 1.91. The molecule has 1 aromatic rings. The number of anilines is 1. The Balaban J connectivity index is 2.24. The van der Waals surface area contributed by atoms with Crippen LogP contribution in [0.2, 0.25) is 0 Å². The number of carboxylic acids is 1. The molecule has 1 saturated carbocycles. The molecule has 80 valence electrons. The number of rotatable bonds is 4. The predicted octanol–water partition coefficient (Wildman–Crippen LogP) is 1.53. The summed E-state index contributed by atoms with van der Waals surface area (Å²) in [6, 6.07) is 0. The molecular weight excluding hydrogens is 194 g/mol. The van der Waals surface area contributed by atoms with Gasteiger partial charge in [-0.1, -0.05) is 6.92 Å². The molecule has 0 amide bonds. The van der Waals surface area contributed by atoms with Crippen LogP contribution in [0.5, 0.6) is 0 Å². The van der Waals surface area contributed by atoms with Gasteiger partial charge in [0.05, 0.1) is 0 Å². The van der Waals surface area contributed by atoms with Crippen LogP contribution in [0.4, 0.5) is 5.82 Å². The van der Waals surface area contributed by atoms with E-state index in [0.29, 0.717) is 5.82 Å². The van der Waals surface area contributed by atoms with E-state index in [0.717, 1.165) is 19.3 Å². The summed E-state index contributed by atoms with van der Waals surface area (Å²) in [5, 5.41) is 12.1. The van der Waals surface area contributed by atoms with E-state index in [-0.39, 0.29) is 11.1 Å². The van der Waals surface area contributed by atoms with Gasteiger partial charge in [-0.25, -0.2) is 14.8 Å². The van der Waals surface area contributed by atoms with E-state index in [1.165, 1.54) is 12.5 Å². The number of carbonyl (C=O) groups is 1. The fraction of sp³-hybridized carbons (Fsp3) is 0.500. The number of aromatic carboxylic acids is 1. The van der Waals surface area contributed by atoms with Gasteiger partial charge in [-0.15, -0.1) is 0 Å². The monoisotopic (exact) mass is 207 g/mol. The normalized spacial score (nSPS) is 17.1. The van der Waals surface area contributed by atoms with Crippen LogP contribution in [0, 0.1) is 0 Å². The number of carboxylic acid groups (broad SMARTS) is 1. The van der Waals surface area contributed by atoms with E-state index in [2.05, 4.69) is 22.2 Å². The zero-order valence-electron chi connectivity index (χ0n) is 8.53. The summed E-state index contributed by atoms with van der Waals surface area (Å²) in [5.74, 6) is -0.568. The minimum Gasteiger partial charge on any atom is -0.477 e. The Morgan fingerprint density at radius 2 is 2.40 bits per heavy atom. The third-order valence-corrected chi connectivity index (χ3v) is 2.86. The molecule has 0 saturated heterocycles. The fourth-order valence-electron chi connectivity index (χ4n) is 1.55. The van der Waals surface area contributed by atoms with Gasteiger partial charge in [0, 0.05) is 11.7 Å². The van der Waals surface area contributed by atoms with Crippen molar-refractivity contribution in [2.45, 2.75) is 31.7 Å². The Morgan fingerprint density at radius 1 is 1.67 bits per heavy atom. The van der Waals surface area contributed by atoms with Crippen molar-refractivity contribution in [1.29, 1.82) is 0 Å². The molecule has 0 bridgehead atoms. The minimum absolute atomic E-state index is 0.0680. The second kappa shape index (κ2) is 3.49. The maximum Gasteiger partial charge on any atom is 0.341 e. The van der Waals surface area contributed by atoms with Gasteiger partial charge in [0.2, 0.25) is 0 Å². The predicted molar refractivity (Wildman–Crippen MR) is 54.9 cm³/mol. The number of nitrogens with zero attached hydrogens (tertiary/aromatic N) is 2. The van der Waals surface area contributed by atoms with Crippen LogP contribution in [0.3, 0.4) is 0 Å². The standard InChI is InChI=1S/C10H13N3O2/c1-2-10(3-4-10)13-8-7(9(14)15)5-11-6-12-8/h5-6H,2-4H2,1H3,(H,14,15)(H,11,12,13). The molecule has 2 N–H and O–H groups in total. The van der Waals surface area contributed by atoms with Gasteiger partial charge >= 0.3 is 5.97 Å². The maximum absolute atomic E-state index is 10.9. The molecule has 2 rings (SSSR count). The third-order valence-electron chi connectivity index (χ3n) is 2.86. The molecule has 5 heteroatoms. The first-order valence-corrected chi connectivity index (χ1v) is 4.98. The van der Waals surface area contributed by atoms with E-state index in [1.807, 2.05) is 0 Å². The van der Waals surface area contributed by atoms with Crippen LogP contribution < -0.4 is 5.32 Å². The molecule has 0 radical (unpaired) electrons. The largest absolute Gasteiger partial charge is 0.477 e. The van der Waals surface area contributed by atoms with Gasteiger partial charge in [0.25, 0.3) is 0 Å². The van der Waals surface area contributed by atoms with Gasteiger partial charge in [-0.3, -0.25) is 0 Å². The molecular formula is C10H13N3O2. The molecule has 0 unspecified atom stereocenters. The van der Waals surface area contributed by atoms with E-state index in [9.17, 15) is 4.79 Å². The summed E-state index contributed by atoms with van der Waals surface area (Å²) in [4.78, 5) is 18.6. The summed E-state index contributed by atoms with van der Waals surface area (Å²) in [5.41, 5.74) is 0.204. The number of nitrogens with one attached hydrogen (secondary N) is 1. The van der Waals surface area contributed by atoms with Gasteiger partial charge in [-0.05, 0) is 19.3 Å². The van der Waals surface area contributed by atoms with Crippen molar-refractivity contribution in [2.75, 3.05) is 5.32 Å². The molecule has 0 spiro atoms. The lowest BCUT2D eigenvalue weighted by Gasteiger charge is -2.16. The highest BCUT2D eigenvalue weighted by atomic mass is 16.4. The SMILES string of the molecule is CCC1(Nc2ncncc2C(=O)O)CC1.